The predicted octanol–water partition coefficient (Wildman–Crippen LogP) is 6.70. The van der Waals surface area contributed by atoms with Crippen molar-refractivity contribution in [3.63, 3.8) is 0 Å². The van der Waals surface area contributed by atoms with Gasteiger partial charge in [-0.05, 0) is 48.5 Å². The molecule has 0 aromatic heterocycles. The monoisotopic (exact) mass is 578 g/mol. The summed E-state index contributed by atoms with van der Waals surface area (Å²) in [6.07, 6.45) is -1.37. The molecule has 4 aromatic rings. The summed E-state index contributed by atoms with van der Waals surface area (Å²) in [4.78, 5) is 49.3. The van der Waals surface area contributed by atoms with Gasteiger partial charge in [-0.2, -0.15) is 0 Å². The molecule has 4 aromatic carbocycles. The van der Waals surface area contributed by atoms with Gasteiger partial charge in [-0.25, -0.2) is 4.79 Å². The number of carbonyl (C=O) groups excluding carboxylic acids is 3. The fraction of sp³-hybridized carbons (Fsp3) is 0.0690. The summed E-state index contributed by atoms with van der Waals surface area (Å²) in [6.45, 7) is -0.357. The van der Waals surface area contributed by atoms with Crippen molar-refractivity contribution in [3.05, 3.63) is 134 Å². The van der Waals surface area contributed by atoms with E-state index in [0.29, 0.717) is 10.6 Å². The molecular weight excluding hydrogens is 559 g/mol. The number of Topliss-reactive ketones (excluding diaryl/α,β-unsaturated/α-hetero) is 1. The zero-order chi connectivity index (χ0) is 28.6. The lowest BCUT2D eigenvalue weighted by molar-refractivity contribution is -0.384. The van der Waals surface area contributed by atoms with E-state index in [9.17, 15) is 24.5 Å². The largest absolute Gasteiger partial charge is 0.482 e. The molecule has 1 N–H and O–H groups in total. The Labute approximate surface area is 238 Å². The molecule has 0 unspecified atom stereocenters. The summed E-state index contributed by atoms with van der Waals surface area (Å²) in [7, 11) is 0. The van der Waals surface area contributed by atoms with E-state index in [-0.39, 0.29) is 39.9 Å². The van der Waals surface area contributed by atoms with E-state index in [4.69, 9.17) is 32.7 Å². The minimum absolute atomic E-state index is 0.0623. The second-order valence-electron chi connectivity index (χ2n) is 8.36. The van der Waals surface area contributed by atoms with Crippen LogP contribution in [0.4, 0.5) is 11.4 Å². The first-order chi connectivity index (χ1) is 19.2. The molecule has 0 aliphatic rings. The van der Waals surface area contributed by atoms with Gasteiger partial charge in [-0.1, -0.05) is 59.6 Å². The van der Waals surface area contributed by atoms with Gasteiger partial charge < -0.3 is 14.8 Å². The fourth-order valence-electron chi connectivity index (χ4n) is 3.63. The number of carbonyl (C=O) groups is 3. The van der Waals surface area contributed by atoms with Gasteiger partial charge in [0.2, 0.25) is 5.78 Å². The standard InChI is InChI=1S/C29H20Cl2N2O7/c30-21-11-14-25(24(31)16-21)39-17-26(34)32-22-8-4-7-20(15-22)29(36)40-28(27(35)18-5-2-1-3-6-18)19-9-12-23(13-10-19)33(37)38/h1-16,28H,17H2,(H,32,34)/t28-/m0/s1. The van der Waals surface area contributed by atoms with Crippen LogP contribution in [-0.2, 0) is 9.53 Å². The Kier molecular flexibility index (Phi) is 9.11. The number of benzene rings is 4. The highest BCUT2D eigenvalue weighted by atomic mass is 35.5. The molecule has 4 rings (SSSR count). The van der Waals surface area contributed by atoms with Gasteiger partial charge in [0.25, 0.3) is 11.6 Å². The second-order valence-corrected chi connectivity index (χ2v) is 9.20. The number of nitro benzene ring substituents is 1. The van der Waals surface area contributed by atoms with Gasteiger partial charge in [0.15, 0.2) is 12.7 Å². The van der Waals surface area contributed by atoms with Crippen LogP contribution in [0.15, 0.2) is 97.1 Å². The van der Waals surface area contributed by atoms with Crippen LogP contribution in [0.3, 0.4) is 0 Å². The number of rotatable bonds is 10. The van der Waals surface area contributed by atoms with E-state index >= 15 is 0 Å². The smallest absolute Gasteiger partial charge is 0.339 e. The lowest BCUT2D eigenvalue weighted by atomic mass is 9.99. The summed E-state index contributed by atoms with van der Waals surface area (Å²) < 4.78 is 11.0. The first-order valence-corrected chi connectivity index (χ1v) is 12.5. The zero-order valence-electron chi connectivity index (χ0n) is 20.6. The molecule has 0 bridgehead atoms. The Balaban J connectivity index is 1.48. The van der Waals surface area contributed by atoms with Crippen LogP contribution in [0.1, 0.15) is 32.4 Å². The number of nitrogens with zero attached hydrogens (tertiary/aromatic N) is 1. The van der Waals surface area contributed by atoms with Crippen LogP contribution in [-0.4, -0.2) is 29.2 Å². The third-order valence-corrected chi connectivity index (χ3v) is 6.09. The van der Waals surface area contributed by atoms with E-state index in [1.165, 1.54) is 54.6 Å². The second kappa shape index (κ2) is 12.9. The number of non-ortho nitro benzene ring substituents is 1. The van der Waals surface area contributed by atoms with Crippen LogP contribution >= 0.6 is 23.2 Å². The molecular formula is C29H20Cl2N2O7. The summed E-state index contributed by atoms with van der Waals surface area (Å²) in [6, 6.07) is 23.9. The highest BCUT2D eigenvalue weighted by Crippen LogP contribution is 2.28. The minimum Gasteiger partial charge on any atom is -0.482 e. The number of nitrogens with one attached hydrogen (secondary N) is 1. The van der Waals surface area contributed by atoms with Crippen molar-refractivity contribution in [2.75, 3.05) is 11.9 Å². The predicted molar refractivity (Wildman–Crippen MR) is 149 cm³/mol. The molecule has 0 saturated heterocycles. The van der Waals surface area contributed by atoms with Crippen LogP contribution in [0.2, 0.25) is 10.0 Å². The number of ketones is 1. The number of esters is 1. The number of hydrogen-bond donors (Lipinski definition) is 1. The highest BCUT2D eigenvalue weighted by Gasteiger charge is 2.27. The van der Waals surface area contributed by atoms with Crippen molar-refractivity contribution in [3.8, 4) is 5.75 Å². The number of halogens is 2. The molecule has 202 valence electrons. The third-order valence-electron chi connectivity index (χ3n) is 5.56. The zero-order valence-corrected chi connectivity index (χ0v) is 22.1. The quantitative estimate of drug-likeness (QED) is 0.0959. The maximum absolute atomic E-state index is 13.3. The van der Waals surface area contributed by atoms with Gasteiger partial charge in [0.05, 0.1) is 15.5 Å². The van der Waals surface area contributed by atoms with Crippen LogP contribution in [0.5, 0.6) is 5.75 Å². The Morgan fingerprint density at radius 2 is 1.55 bits per heavy atom. The van der Waals surface area contributed by atoms with E-state index in [1.807, 2.05) is 0 Å². The van der Waals surface area contributed by atoms with Crippen molar-refractivity contribution in [1.82, 2.24) is 0 Å². The molecule has 1 amide bonds. The van der Waals surface area contributed by atoms with Gasteiger partial charge in [-0.15, -0.1) is 0 Å². The van der Waals surface area contributed by atoms with Gasteiger partial charge in [0, 0.05) is 34.0 Å². The van der Waals surface area contributed by atoms with E-state index < -0.39 is 28.7 Å². The Bertz CT molecular complexity index is 1560. The Morgan fingerprint density at radius 3 is 2.23 bits per heavy atom. The lowest BCUT2D eigenvalue weighted by Crippen LogP contribution is -2.21. The molecule has 40 heavy (non-hydrogen) atoms. The molecule has 11 heteroatoms. The number of hydrogen-bond acceptors (Lipinski definition) is 7. The van der Waals surface area contributed by atoms with E-state index in [0.717, 1.165) is 0 Å². The van der Waals surface area contributed by atoms with Gasteiger partial charge in [0.1, 0.15) is 5.75 Å². The van der Waals surface area contributed by atoms with Crippen molar-refractivity contribution in [2.45, 2.75) is 6.10 Å². The van der Waals surface area contributed by atoms with Crippen molar-refractivity contribution < 1.29 is 28.8 Å². The third kappa shape index (κ3) is 7.22. The van der Waals surface area contributed by atoms with Gasteiger partial charge >= 0.3 is 5.97 Å². The van der Waals surface area contributed by atoms with E-state index in [1.54, 1.807) is 42.5 Å². The molecule has 0 spiro atoms. The normalized spacial score (nSPS) is 11.2. The SMILES string of the molecule is O=C(COc1ccc(Cl)cc1Cl)Nc1cccc(C(=O)O[C@H](C(=O)c2ccccc2)c2ccc([N+](=O)[O-])cc2)c1. The van der Waals surface area contributed by atoms with Crippen molar-refractivity contribution in [2.24, 2.45) is 0 Å². The topological polar surface area (TPSA) is 125 Å². The molecule has 0 fully saturated rings. The average molecular weight is 579 g/mol. The first kappa shape index (κ1) is 28.3. The molecule has 0 saturated carbocycles. The molecule has 1 atom stereocenters. The van der Waals surface area contributed by atoms with Crippen molar-refractivity contribution >= 4 is 52.2 Å². The maximum atomic E-state index is 13.3. The Hall–Kier alpha value is -4.73. The first-order valence-electron chi connectivity index (χ1n) is 11.7. The van der Waals surface area contributed by atoms with Crippen LogP contribution < -0.4 is 10.1 Å². The number of amides is 1. The minimum atomic E-state index is -1.37. The molecule has 0 aliphatic carbocycles. The van der Waals surface area contributed by atoms with Crippen LogP contribution in [0, 0.1) is 10.1 Å². The van der Waals surface area contributed by atoms with Crippen LogP contribution in [0.25, 0.3) is 0 Å². The Morgan fingerprint density at radius 1 is 0.850 bits per heavy atom. The lowest BCUT2D eigenvalue weighted by Gasteiger charge is -2.18. The van der Waals surface area contributed by atoms with Gasteiger partial charge in [-0.3, -0.25) is 19.7 Å². The molecule has 0 radical (unpaired) electrons. The molecule has 0 heterocycles. The maximum Gasteiger partial charge on any atom is 0.339 e. The average Bonchev–Trinajstić information content (AvgIpc) is 2.95. The highest BCUT2D eigenvalue weighted by molar-refractivity contribution is 6.35. The fourth-order valence-corrected chi connectivity index (χ4v) is 4.09. The number of anilines is 1. The number of nitro groups is 1. The summed E-state index contributed by atoms with van der Waals surface area (Å²) >= 11 is 11.9. The summed E-state index contributed by atoms with van der Waals surface area (Å²) in [5.41, 5.74) is 0.723. The van der Waals surface area contributed by atoms with Crippen molar-refractivity contribution in [1.29, 1.82) is 0 Å². The molecule has 9 nitrogen and oxygen atoms in total. The van der Waals surface area contributed by atoms with E-state index in [2.05, 4.69) is 5.32 Å². The molecule has 0 aliphatic heterocycles. The summed E-state index contributed by atoms with van der Waals surface area (Å²) in [5, 5.41) is 14.3. The summed E-state index contributed by atoms with van der Waals surface area (Å²) in [5.74, 6) is -1.59. The number of ether oxygens (including phenoxy) is 2.